The molecule has 100 valence electrons. The number of carbonyl (C=O) groups is 1. The maximum atomic E-state index is 13.0. The minimum atomic E-state index is -4.43. The van der Waals surface area contributed by atoms with Crippen LogP contribution in [-0.4, -0.2) is 10.9 Å². The number of aryl methyl sites for hydroxylation is 1. The van der Waals surface area contributed by atoms with Crippen molar-refractivity contribution in [2.75, 3.05) is 0 Å². The predicted molar refractivity (Wildman–Crippen MR) is 65.6 cm³/mol. The fourth-order valence-electron chi connectivity index (χ4n) is 2.19. The Labute approximate surface area is 108 Å². The average Bonchev–Trinajstić information content (AvgIpc) is 2.63. The van der Waals surface area contributed by atoms with Gasteiger partial charge in [-0.1, -0.05) is 12.1 Å². The van der Waals surface area contributed by atoms with E-state index in [2.05, 4.69) is 0 Å². The van der Waals surface area contributed by atoms with Crippen molar-refractivity contribution >= 4 is 6.29 Å². The Bertz CT molecular complexity index is 626. The normalized spacial score (nSPS) is 11.6. The molecule has 0 aliphatic rings. The Morgan fingerprint density at radius 2 is 1.79 bits per heavy atom. The molecule has 19 heavy (non-hydrogen) atoms. The molecule has 0 bridgehead atoms. The van der Waals surface area contributed by atoms with Crippen molar-refractivity contribution in [3.63, 3.8) is 0 Å². The Kier molecular flexibility index (Phi) is 3.22. The van der Waals surface area contributed by atoms with Crippen LogP contribution in [0.15, 0.2) is 30.3 Å². The minimum absolute atomic E-state index is 0.0399. The standard InChI is InChI=1S/C14H12F3NO/c1-9-7-11(8-19)10(2)18(9)13-6-4-3-5-12(13)14(15,16)17/h3-8H,1-2H3. The van der Waals surface area contributed by atoms with Crippen molar-refractivity contribution in [2.45, 2.75) is 20.0 Å². The van der Waals surface area contributed by atoms with Gasteiger partial charge in [-0.15, -0.1) is 0 Å². The number of nitrogens with zero attached hydrogens (tertiary/aromatic N) is 1. The summed E-state index contributed by atoms with van der Waals surface area (Å²) in [5, 5.41) is 0. The molecule has 1 aromatic carbocycles. The van der Waals surface area contributed by atoms with Crippen LogP contribution in [0.5, 0.6) is 0 Å². The third-order valence-corrected chi connectivity index (χ3v) is 3.05. The Morgan fingerprint density at radius 1 is 1.16 bits per heavy atom. The SMILES string of the molecule is Cc1cc(C=O)c(C)n1-c1ccccc1C(F)(F)F. The van der Waals surface area contributed by atoms with Crippen LogP contribution in [0.1, 0.15) is 27.3 Å². The molecule has 0 radical (unpaired) electrons. The third-order valence-electron chi connectivity index (χ3n) is 3.05. The van der Waals surface area contributed by atoms with Gasteiger partial charge in [0.25, 0.3) is 0 Å². The molecule has 1 heterocycles. The highest BCUT2D eigenvalue weighted by Crippen LogP contribution is 2.35. The number of halogens is 3. The molecule has 2 nitrogen and oxygen atoms in total. The first-order valence-electron chi connectivity index (χ1n) is 5.67. The number of carbonyl (C=O) groups excluding carboxylic acids is 1. The van der Waals surface area contributed by atoms with E-state index in [-0.39, 0.29) is 5.69 Å². The highest BCUT2D eigenvalue weighted by atomic mass is 19.4. The Balaban J connectivity index is 2.73. The van der Waals surface area contributed by atoms with Gasteiger partial charge in [-0.2, -0.15) is 13.2 Å². The topological polar surface area (TPSA) is 22.0 Å². The van der Waals surface area contributed by atoms with Gasteiger partial charge in [0.05, 0.1) is 11.3 Å². The zero-order valence-electron chi connectivity index (χ0n) is 10.5. The van der Waals surface area contributed by atoms with Crippen LogP contribution >= 0.6 is 0 Å². The molecule has 0 saturated carbocycles. The van der Waals surface area contributed by atoms with Crippen LogP contribution in [0.25, 0.3) is 5.69 Å². The molecule has 0 fully saturated rings. The summed E-state index contributed by atoms with van der Waals surface area (Å²) in [6.07, 6.45) is -3.78. The first-order chi connectivity index (χ1) is 8.86. The molecule has 0 saturated heterocycles. The van der Waals surface area contributed by atoms with Gasteiger partial charge in [-0.05, 0) is 32.0 Å². The molecule has 2 aromatic rings. The fraction of sp³-hybridized carbons (Fsp3) is 0.214. The first-order valence-corrected chi connectivity index (χ1v) is 5.67. The zero-order valence-corrected chi connectivity index (χ0v) is 10.5. The highest BCUT2D eigenvalue weighted by molar-refractivity contribution is 5.77. The predicted octanol–water partition coefficient (Wildman–Crippen LogP) is 3.93. The van der Waals surface area contributed by atoms with Gasteiger partial charge < -0.3 is 4.57 Å². The molecule has 0 aliphatic carbocycles. The summed E-state index contributed by atoms with van der Waals surface area (Å²) in [5.74, 6) is 0. The summed E-state index contributed by atoms with van der Waals surface area (Å²) < 4.78 is 40.5. The van der Waals surface area contributed by atoms with Crippen LogP contribution in [0.4, 0.5) is 13.2 Å². The largest absolute Gasteiger partial charge is 0.418 e. The second kappa shape index (κ2) is 4.57. The summed E-state index contributed by atoms with van der Waals surface area (Å²) >= 11 is 0. The molecule has 0 amide bonds. The average molecular weight is 267 g/mol. The van der Waals surface area contributed by atoms with Crippen LogP contribution in [0.2, 0.25) is 0 Å². The van der Waals surface area contributed by atoms with Crippen LogP contribution in [0, 0.1) is 13.8 Å². The van der Waals surface area contributed by atoms with Gasteiger partial charge in [0, 0.05) is 17.0 Å². The number of benzene rings is 1. The Morgan fingerprint density at radius 3 is 2.32 bits per heavy atom. The molecule has 2 rings (SSSR count). The zero-order chi connectivity index (χ0) is 14.2. The lowest BCUT2D eigenvalue weighted by molar-refractivity contribution is -0.137. The van der Waals surface area contributed by atoms with E-state index >= 15 is 0 Å². The van der Waals surface area contributed by atoms with E-state index in [1.54, 1.807) is 26.0 Å². The molecule has 0 N–H and O–H groups in total. The quantitative estimate of drug-likeness (QED) is 0.756. The van der Waals surface area contributed by atoms with Crippen molar-refractivity contribution in [1.29, 1.82) is 0 Å². The van der Waals surface area contributed by atoms with E-state index in [1.165, 1.54) is 16.7 Å². The number of aromatic nitrogens is 1. The first kappa shape index (κ1) is 13.4. The van der Waals surface area contributed by atoms with Crippen LogP contribution in [-0.2, 0) is 6.18 Å². The van der Waals surface area contributed by atoms with Gasteiger partial charge in [-0.3, -0.25) is 4.79 Å². The smallest absolute Gasteiger partial charge is 0.317 e. The molecule has 0 aliphatic heterocycles. The highest BCUT2D eigenvalue weighted by Gasteiger charge is 2.34. The number of para-hydroxylation sites is 1. The van der Waals surface area contributed by atoms with Crippen molar-refractivity contribution in [3.05, 3.63) is 52.8 Å². The van der Waals surface area contributed by atoms with E-state index < -0.39 is 11.7 Å². The second-order valence-corrected chi connectivity index (χ2v) is 4.29. The number of rotatable bonds is 2. The molecule has 0 unspecified atom stereocenters. The van der Waals surface area contributed by atoms with E-state index in [0.29, 0.717) is 23.2 Å². The summed E-state index contributed by atoms with van der Waals surface area (Å²) in [6.45, 7) is 3.30. The number of hydrogen-bond acceptors (Lipinski definition) is 1. The lowest BCUT2D eigenvalue weighted by atomic mass is 10.1. The maximum absolute atomic E-state index is 13.0. The summed E-state index contributed by atoms with van der Waals surface area (Å²) in [4.78, 5) is 10.9. The number of aldehydes is 1. The summed E-state index contributed by atoms with van der Waals surface area (Å²) in [7, 11) is 0. The lowest BCUT2D eigenvalue weighted by Gasteiger charge is -2.16. The van der Waals surface area contributed by atoms with Gasteiger partial charge in [0.15, 0.2) is 6.29 Å². The van der Waals surface area contributed by atoms with Crippen molar-refractivity contribution in [3.8, 4) is 5.69 Å². The third kappa shape index (κ3) is 2.28. The van der Waals surface area contributed by atoms with Crippen molar-refractivity contribution < 1.29 is 18.0 Å². The van der Waals surface area contributed by atoms with Gasteiger partial charge >= 0.3 is 6.18 Å². The van der Waals surface area contributed by atoms with Crippen molar-refractivity contribution in [1.82, 2.24) is 4.57 Å². The molecule has 0 spiro atoms. The number of alkyl halides is 3. The van der Waals surface area contributed by atoms with E-state index in [1.807, 2.05) is 0 Å². The summed E-state index contributed by atoms with van der Waals surface area (Å²) in [6, 6.07) is 6.91. The van der Waals surface area contributed by atoms with Gasteiger partial charge in [-0.25, -0.2) is 0 Å². The lowest BCUT2D eigenvalue weighted by Crippen LogP contribution is -2.12. The van der Waals surface area contributed by atoms with Crippen molar-refractivity contribution in [2.24, 2.45) is 0 Å². The molecule has 1 aromatic heterocycles. The van der Waals surface area contributed by atoms with E-state index in [9.17, 15) is 18.0 Å². The maximum Gasteiger partial charge on any atom is 0.418 e. The second-order valence-electron chi connectivity index (χ2n) is 4.29. The molecule has 5 heteroatoms. The molecule has 0 atom stereocenters. The van der Waals surface area contributed by atoms with E-state index in [0.717, 1.165) is 6.07 Å². The van der Waals surface area contributed by atoms with Gasteiger partial charge in [0.2, 0.25) is 0 Å². The minimum Gasteiger partial charge on any atom is -0.317 e. The summed E-state index contributed by atoms with van der Waals surface area (Å²) in [5.41, 5.74) is 0.822. The number of hydrogen-bond donors (Lipinski definition) is 0. The van der Waals surface area contributed by atoms with Crippen LogP contribution < -0.4 is 0 Å². The monoisotopic (exact) mass is 267 g/mol. The van der Waals surface area contributed by atoms with Gasteiger partial charge in [0.1, 0.15) is 0 Å². The Hall–Kier alpha value is -2.04. The fourth-order valence-corrected chi connectivity index (χ4v) is 2.19. The van der Waals surface area contributed by atoms with Crippen LogP contribution in [0.3, 0.4) is 0 Å². The molecular formula is C14H12F3NO. The van der Waals surface area contributed by atoms with E-state index in [4.69, 9.17) is 0 Å². The molecular weight excluding hydrogens is 255 g/mol.